The zero-order chi connectivity index (χ0) is 10.7. The first-order valence-corrected chi connectivity index (χ1v) is 6.98. The Kier molecular flexibility index (Phi) is 3.71. The Morgan fingerprint density at radius 3 is 2.40 bits per heavy atom. The van der Waals surface area contributed by atoms with Crippen LogP contribution in [0.5, 0.6) is 0 Å². The molecule has 2 aliphatic rings. The van der Waals surface area contributed by atoms with Crippen LogP contribution in [-0.2, 0) is 0 Å². The largest absolute Gasteiger partial charge is 0.316 e. The molecule has 1 unspecified atom stereocenters. The molecule has 1 nitrogen and oxygen atoms in total. The Labute approximate surface area is 95.0 Å². The molecule has 2 saturated carbocycles. The third-order valence-corrected chi connectivity index (χ3v) is 4.95. The molecule has 0 aromatic heterocycles. The quantitative estimate of drug-likeness (QED) is 0.703. The van der Waals surface area contributed by atoms with Gasteiger partial charge in [-0.05, 0) is 50.5 Å². The third-order valence-electron chi connectivity index (χ3n) is 4.95. The van der Waals surface area contributed by atoms with Crippen LogP contribution in [0, 0.1) is 11.3 Å². The van der Waals surface area contributed by atoms with Gasteiger partial charge in [0.05, 0.1) is 0 Å². The van der Waals surface area contributed by atoms with Crippen molar-refractivity contribution in [3.63, 3.8) is 0 Å². The first kappa shape index (κ1) is 11.4. The van der Waals surface area contributed by atoms with Crippen LogP contribution in [0.3, 0.4) is 0 Å². The molecule has 15 heavy (non-hydrogen) atoms. The summed E-state index contributed by atoms with van der Waals surface area (Å²) >= 11 is 0. The summed E-state index contributed by atoms with van der Waals surface area (Å²) in [7, 11) is 2.17. The van der Waals surface area contributed by atoms with Gasteiger partial charge in [0.2, 0.25) is 0 Å². The van der Waals surface area contributed by atoms with Crippen molar-refractivity contribution in [2.24, 2.45) is 11.3 Å². The second-order valence-corrected chi connectivity index (χ2v) is 5.79. The molecule has 2 rings (SSSR count). The second-order valence-electron chi connectivity index (χ2n) is 5.79. The number of hydrogen-bond acceptors (Lipinski definition) is 1. The van der Waals surface area contributed by atoms with Crippen molar-refractivity contribution in [1.82, 2.24) is 5.32 Å². The van der Waals surface area contributed by atoms with Crippen molar-refractivity contribution >= 4 is 0 Å². The fourth-order valence-corrected chi connectivity index (χ4v) is 3.59. The predicted molar refractivity (Wildman–Crippen MR) is 66.0 cm³/mol. The highest BCUT2D eigenvalue weighted by Crippen LogP contribution is 2.46. The lowest BCUT2D eigenvalue weighted by molar-refractivity contribution is 0.180. The average Bonchev–Trinajstić information content (AvgIpc) is 2.96. The molecule has 0 aromatic carbocycles. The number of rotatable bonds is 6. The summed E-state index contributed by atoms with van der Waals surface area (Å²) in [5.74, 6) is 1.09. The van der Waals surface area contributed by atoms with Crippen molar-refractivity contribution in [2.75, 3.05) is 7.05 Å². The van der Waals surface area contributed by atoms with Crippen LogP contribution in [0.1, 0.15) is 64.7 Å². The lowest BCUT2D eigenvalue weighted by Crippen LogP contribution is -2.41. The smallest absolute Gasteiger partial charge is 0.0120 e. The molecule has 1 atom stereocenters. The molecule has 1 N–H and O–H groups in total. The van der Waals surface area contributed by atoms with Gasteiger partial charge in [-0.15, -0.1) is 0 Å². The lowest BCUT2D eigenvalue weighted by atomic mass is 9.74. The maximum absolute atomic E-state index is 3.62. The van der Waals surface area contributed by atoms with Gasteiger partial charge < -0.3 is 5.32 Å². The molecule has 2 fully saturated rings. The normalized spacial score (nSPS) is 26.8. The van der Waals surface area contributed by atoms with Gasteiger partial charge in [0, 0.05) is 6.04 Å². The minimum Gasteiger partial charge on any atom is -0.316 e. The topological polar surface area (TPSA) is 12.0 Å². The van der Waals surface area contributed by atoms with Crippen LogP contribution in [0.15, 0.2) is 0 Å². The van der Waals surface area contributed by atoms with Gasteiger partial charge in [-0.1, -0.05) is 32.6 Å². The molecule has 0 amide bonds. The van der Waals surface area contributed by atoms with Gasteiger partial charge in [-0.3, -0.25) is 0 Å². The monoisotopic (exact) mass is 209 g/mol. The highest BCUT2D eigenvalue weighted by atomic mass is 14.9. The SMILES string of the molecule is CCC1(C(CCC2CC2)NC)CCCC1. The highest BCUT2D eigenvalue weighted by Gasteiger charge is 2.39. The van der Waals surface area contributed by atoms with Crippen LogP contribution in [0.25, 0.3) is 0 Å². The molecule has 0 aromatic rings. The zero-order valence-electron chi connectivity index (χ0n) is 10.5. The fraction of sp³-hybridized carbons (Fsp3) is 1.00. The van der Waals surface area contributed by atoms with Crippen molar-refractivity contribution in [1.29, 1.82) is 0 Å². The minimum absolute atomic E-state index is 0.656. The van der Waals surface area contributed by atoms with E-state index in [1.165, 1.54) is 57.8 Å². The Bertz CT molecular complexity index is 190. The first-order chi connectivity index (χ1) is 7.30. The van der Waals surface area contributed by atoms with E-state index in [0.29, 0.717) is 5.41 Å². The molecular weight excluding hydrogens is 182 g/mol. The molecule has 0 bridgehead atoms. The second kappa shape index (κ2) is 4.86. The summed E-state index contributed by atoms with van der Waals surface area (Å²) in [5.41, 5.74) is 0.656. The maximum atomic E-state index is 3.62. The van der Waals surface area contributed by atoms with Crippen molar-refractivity contribution in [3.05, 3.63) is 0 Å². The van der Waals surface area contributed by atoms with Crippen molar-refractivity contribution < 1.29 is 0 Å². The van der Waals surface area contributed by atoms with E-state index in [1.54, 1.807) is 0 Å². The number of nitrogens with one attached hydrogen (secondary N) is 1. The van der Waals surface area contributed by atoms with Crippen LogP contribution < -0.4 is 5.32 Å². The fourth-order valence-electron chi connectivity index (χ4n) is 3.59. The summed E-state index contributed by atoms with van der Waals surface area (Å²) < 4.78 is 0. The zero-order valence-corrected chi connectivity index (χ0v) is 10.5. The molecule has 0 aliphatic heterocycles. The summed E-state index contributed by atoms with van der Waals surface area (Å²) in [6.45, 7) is 2.40. The summed E-state index contributed by atoms with van der Waals surface area (Å²) in [6, 6.07) is 0.797. The van der Waals surface area contributed by atoms with Crippen molar-refractivity contribution in [3.8, 4) is 0 Å². The minimum atomic E-state index is 0.656. The first-order valence-electron chi connectivity index (χ1n) is 6.98. The lowest BCUT2D eigenvalue weighted by Gasteiger charge is -2.37. The predicted octanol–water partition coefficient (Wildman–Crippen LogP) is 3.74. The van der Waals surface area contributed by atoms with E-state index in [-0.39, 0.29) is 0 Å². The summed E-state index contributed by atoms with van der Waals surface area (Å²) in [5, 5.41) is 3.62. The molecule has 0 radical (unpaired) electrons. The Morgan fingerprint density at radius 2 is 1.93 bits per heavy atom. The molecule has 2 aliphatic carbocycles. The molecule has 1 heteroatoms. The third kappa shape index (κ3) is 2.55. The van der Waals surface area contributed by atoms with Crippen LogP contribution in [0.2, 0.25) is 0 Å². The Hall–Kier alpha value is -0.0400. The van der Waals surface area contributed by atoms with Gasteiger partial charge in [0.15, 0.2) is 0 Å². The highest BCUT2D eigenvalue weighted by molar-refractivity contribution is 4.94. The van der Waals surface area contributed by atoms with Gasteiger partial charge >= 0.3 is 0 Å². The average molecular weight is 209 g/mol. The maximum Gasteiger partial charge on any atom is 0.0120 e. The summed E-state index contributed by atoms with van der Waals surface area (Å²) in [4.78, 5) is 0. The molecule has 0 heterocycles. The van der Waals surface area contributed by atoms with Crippen molar-refractivity contribution in [2.45, 2.75) is 70.8 Å². The van der Waals surface area contributed by atoms with E-state index in [9.17, 15) is 0 Å². The molecule has 0 saturated heterocycles. The van der Waals surface area contributed by atoms with E-state index < -0.39 is 0 Å². The van der Waals surface area contributed by atoms with Gasteiger partial charge in [0.25, 0.3) is 0 Å². The van der Waals surface area contributed by atoms with Crippen LogP contribution in [0.4, 0.5) is 0 Å². The molecule has 88 valence electrons. The van der Waals surface area contributed by atoms with E-state index in [4.69, 9.17) is 0 Å². The van der Waals surface area contributed by atoms with Gasteiger partial charge in [-0.2, -0.15) is 0 Å². The molecular formula is C14H27N. The van der Waals surface area contributed by atoms with Crippen LogP contribution in [-0.4, -0.2) is 13.1 Å². The van der Waals surface area contributed by atoms with Gasteiger partial charge in [-0.25, -0.2) is 0 Å². The number of hydrogen-bond donors (Lipinski definition) is 1. The Morgan fingerprint density at radius 1 is 1.27 bits per heavy atom. The van der Waals surface area contributed by atoms with E-state index >= 15 is 0 Å². The summed E-state index contributed by atoms with van der Waals surface area (Å²) in [6.07, 6.45) is 13.2. The van der Waals surface area contributed by atoms with E-state index in [2.05, 4.69) is 19.3 Å². The molecule has 0 spiro atoms. The standard InChI is InChI=1S/C14H27N/c1-3-14(10-4-5-11-14)13(15-2)9-8-12-6-7-12/h12-13,15H,3-11H2,1-2H3. The Balaban J connectivity index is 1.89. The van der Waals surface area contributed by atoms with Crippen LogP contribution >= 0.6 is 0 Å². The van der Waals surface area contributed by atoms with Gasteiger partial charge in [0.1, 0.15) is 0 Å². The van der Waals surface area contributed by atoms with E-state index in [1.807, 2.05) is 0 Å². The van der Waals surface area contributed by atoms with E-state index in [0.717, 1.165) is 12.0 Å².